The van der Waals surface area contributed by atoms with Gasteiger partial charge in [0.2, 0.25) is 17.8 Å². The molecule has 362 valence electrons. The number of nitrogens with one attached hydrogen (secondary N) is 4. The first kappa shape index (κ1) is 47.5. The fourth-order valence-electron chi connectivity index (χ4n) is 7.97. The van der Waals surface area contributed by atoms with Gasteiger partial charge >= 0.3 is 6.09 Å². The molecule has 0 spiro atoms. The third kappa shape index (κ3) is 9.96. The summed E-state index contributed by atoms with van der Waals surface area (Å²) >= 11 is 9.48. The van der Waals surface area contributed by atoms with Gasteiger partial charge in [-0.05, 0) is 60.4 Å². The van der Waals surface area contributed by atoms with E-state index in [1.165, 1.54) is 6.07 Å². The van der Waals surface area contributed by atoms with Crippen molar-refractivity contribution in [2.75, 3.05) is 99.9 Å². The molecule has 1 saturated heterocycles. The second-order valence-electron chi connectivity index (χ2n) is 16.8. The molecule has 0 atom stereocenters. The van der Waals surface area contributed by atoms with Crippen LogP contribution in [0.4, 0.5) is 44.1 Å². The number of rotatable bonds is 16. The van der Waals surface area contributed by atoms with E-state index >= 15 is 0 Å². The summed E-state index contributed by atoms with van der Waals surface area (Å²) in [7, 11) is 9.47. The lowest BCUT2D eigenvalue weighted by Gasteiger charge is -2.34. The molecule has 1 aliphatic rings. The van der Waals surface area contributed by atoms with E-state index in [1.54, 1.807) is 41.1 Å². The third-order valence-corrected chi connectivity index (χ3v) is 12.6. The highest BCUT2D eigenvalue weighted by atomic mass is 79.9. The van der Waals surface area contributed by atoms with Crippen LogP contribution < -0.4 is 30.5 Å². The van der Waals surface area contributed by atoms with Crippen LogP contribution in [0.5, 0.6) is 5.75 Å². The number of hydrogen-bond donors (Lipinski definition) is 4. The van der Waals surface area contributed by atoms with Crippen molar-refractivity contribution in [3.05, 3.63) is 106 Å². The highest BCUT2D eigenvalue weighted by molar-refractivity contribution is 9.10. The number of nitrogens with zero attached hydrogens (tertiary/aromatic N) is 12. The maximum absolute atomic E-state index is 14.6. The molecule has 0 aliphatic carbocycles. The monoisotopic (exact) mass is 1030 g/mol. The van der Waals surface area contributed by atoms with E-state index in [9.17, 15) is 14.0 Å². The fraction of sp³-hybridized carbons (Fsp3) is 0.277. The van der Waals surface area contributed by atoms with Gasteiger partial charge in [0, 0.05) is 93.9 Å². The number of H-pyrrole nitrogens is 1. The highest BCUT2D eigenvalue weighted by Gasteiger charge is 2.27. The van der Waals surface area contributed by atoms with Gasteiger partial charge in [0.05, 0.1) is 57.6 Å². The van der Waals surface area contributed by atoms with Crippen molar-refractivity contribution < 1.29 is 23.5 Å². The van der Waals surface area contributed by atoms with Crippen molar-refractivity contribution in [3.8, 4) is 17.0 Å². The lowest BCUT2D eigenvalue weighted by Crippen LogP contribution is -2.49. The lowest BCUT2D eigenvalue weighted by atomic mass is 10.1. The van der Waals surface area contributed by atoms with E-state index in [4.69, 9.17) is 36.0 Å². The molecule has 0 radical (unpaired) electrons. The van der Waals surface area contributed by atoms with Gasteiger partial charge in [0.1, 0.15) is 23.7 Å². The van der Waals surface area contributed by atoms with Crippen molar-refractivity contribution in [2.24, 2.45) is 7.05 Å². The minimum absolute atomic E-state index is 0.0150. The summed E-state index contributed by atoms with van der Waals surface area (Å²) in [6.45, 7) is 6.53. The van der Waals surface area contributed by atoms with Crippen LogP contribution >= 0.6 is 27.5 Å². The number of likely N-dealkylation sites (N-methyl/N-ethyl adjacent to an activating group) is 2. The normalized spacial score (nSPS) is 12.8. The van der Waals surface area contributed by atoms with Gasteiger partial charge in [0.15, 0.2) is 11.5 Å². The number of ether oxygens (including phenoxy) is 2. The number of para-hydroxylation sites is 1. The molecule has 1 fully saturated rings. The minimum Gasteiger partial charge on any atom is -0.494 e. The molecular weight excluding hydrogens is 987 g/mol. The number of aryl methyl sites for hydroxylation is 1. The van der Waals surface area contributed by atoms with Gasteiger partial charge in [-0.3, -0.25) is 4.79 Å². The van der Waals surface area contributed by atoms with Crippen LogP contribution in [0.2, 0.25) is 5.02 Å². The number of imidazole rings is 1. The number of carbonyl (C=O) groups excluding carboxylic acids is 2. The molecule has 0 saturated carbocycles. The van der Waals surface area contributed by atoms with Crippen LogP contribution in [0.25, 0.3) is 38.8 Å². The Hall–Kier alpha value is -7.56. The summed E-state index contributed by atoms with van der Waals surface area (Å²) in [4.78, 5) is 61.1. The van der Waals surface area contributed by atoms with E-state index in [0.717, 1.165) is 28.7 Å². The Kier molecular flexibility index (Phi) is 13.7. The quantitative estimate of drug-likeness (QED) is 0.0701. The molecule has 20 nitrogen and oxygen atoms in total. The first-order chi connectivity index (χ1) is 33.7. The number of carbonyl (C=O) groups is 2. The average Bonchev–Trinajstić information content (AvgIpc) is 4.07. The zero-order valence-electron chi connectivity index (χ0n) is 38.9. The third-order valence-electron chi connectivity index (χ3n) is 11.8. The molecule has 9 rings (SSSR count). The number of anilines is 6. The number of benzene rings is 3. The molecule has 8 aromatic rings. The number of piperazine rings is 1. The van der Waals surface area contributed by atoms with Crippen molar-refractivity contribution >= 4 is 102 Å². The lowest BCUT2D eigenvalue weighted by molar-refractivity contribution is -0.113. The highest BCUT2D eigenvalue weighted by Crippen LogP contribution is 2.39. The Morgan fingerprint density at radius 3 is 2.59 bits per heavy atom. The first-order valence-corrected chi connectivity index (χ1v) is 23.3. The summed E-state index contributed by atoms with van der Waals surface area (Å²) in [5.74, 6) is 0.928. The van der Waals surface area contributed by atoms with Crippen LogP contribution in [0.3, 0.4) is 0 Å². The van der Waals surface area contributed by atoms with Gasteiger partial charge in [-0.15, -0.1) is 0 Å². The number of halogens is 3. The van der Waals surface area contributed by atoms with E-state index < -0.39 is 17.8 Å². The summed E-state index contributed by atoms with van der Waals surface area (Å²) in [5.41, 5.74) is 5.63. The molecule has 0 unspecified atom stereocenters. The predicted molar refractivity (Wildman–Crippen MR) is 272 cm³/mol. The zero-order chi connectivity index (χ0) is 49.2. The minimum atomic E-state index is -0.600. The van der Waals surface area contributed by atoms with Crippen LogP contribution in [0, 0.1) is 5.82 Å². The Morgan fingerprint density at radius 2 is 1.80 bits per heavy atom. The number of methoxy groups -OCH3 is 1. The summed E-state index contributed by atoms with van der Waals surface area (Å²) in [6.07, 6.45) is 4.74. The second-order valence-corrected chi connectivity index (χ2v) is 18.1. The second kappa shape index (κ2) is 20.2. The molecule has 2 amide bonds. The van der Waals surface area contributed by atoms with Crippen LogP contribution in [0.1, 0.15) is 5.82 Å². The number of hydrogen-bond acceptors (Lipinski definition) is 15. The largest absolute Gasteiger partial charge is 0.494 e. The van der Waals surface area contributed by atoms with E-state index in [2.05, 4.69) is 80.1 Å². The van der Waals surface area contributed by atoms with E-state index in [1.807, 2.05) is 68.5 Å². The number of aromatic nitrogens is 9. The van der Waals surface area contributed by atoms with Gasteiger partial charge in [-0.2, -0.15) is 19.6 Å². The van der Waals surface area contributed by atoms with Gasteiger partial charge in [-0.25, -0.2) is 24.1 Å². The number of fused-ring (bicyclic) bond motifs is 3. The van der Waals surface area contributed by atoms with Gasteiger partial charge in [0.25, 0.3) is 5.91 Å². The predicted octanol–water partition coefficient (Wildman–Crippen LogP) is 7.32. The molecule has 4 N–H and O–H groups in total. The number of aromatic amines is 1. The topological polar surface area (TPSA) is 204 Å². The molecule has 0 bridgehead atoms. The molecule has 1 aliphatic heterocycles. The van der Waals surface area contributed by atoms with Crippen LogP contribution in [-0.4, -0.2) is 140 Å². The Morgan fingerprint density at radius 1 is 1.00 bits per heavy atom. The van der Waals surface area contributed by atoms with Gasteiger partial charge in [-0.1, -0.05) is 36.4 Å². The maximum atomic E-state index is 14.6. The standard InChI is InChI=1S/C47H49BrClFN16O4/c1-27(26-70-47(68)65-19-17-64(18-20-65)46-59-42-30(48)23-53-66(42)45(60-46)52-24-39-54-33-12-11-31(49)40(50)41(33)58-39)43(67)55-34-21-35(38(69-6)22-37(34)62(4)16-15-61(2)3)57-44-51-14-13-32(56-44)29-25-63(5)36-10-8-7-9-28(29)36/h7-14,21-23,25H,1,15-20,24,26H2,2-6H3,(H,54,58)(H,55,67)(H,51,56,57)(H,52,59,60). The summed E-state index contributed by atoms with van der Waals surface area (Å²) < 4.78 is 30.3. The number of amides is 2. The van der Waals surface area contributed by atoms with E-state index in [0.29, 0.717) is 94.8 Å². The molecular formula is C47H49BrClFN16O4. The molecule has 70 heavy (non-hydrogen) atoms. The molecule has 5 aromatic heterocycles. The van der Waals surface area contributed by atoms with Crippen molar-refractivity contribution in [1.82, 2.24) is 53.9 Å². The Labute approximate surface area is 414 Å². The van der Waals surface area contributed by atoms with Crippen molar-refractivity contribution in [1.29, 1.82) is 0 Å². The van der Waals surface area contributed by atoms with Crippen molar-refractivity contribution in [3.63, 3.8) is 0 Å². The summed E-state index contributed by atoms with van der Waals surface area (Å²) in [5, 5.41) is 15.0. The molecule has 6 heterocycles. The molecule has 3 aromatic carbocycles. The first-order valence-electron chi connectivity index (χ1n) is 22.1. The van der Waals surface area contributed by atoms with E-state index in [-0.39, 0.29) is 29.3 Å². The Bertz CT molecular complexity index is 3280. The van der Waals surface area contributed by atoms with Crippen LogP contribution in [0.15, 0.2) is 89.8 Å². The molecule has 23 heteroatoms. The summed E-state index contributed by atoms with van der Waals surface area (Å²) in [6, 6.07) is 16.7. The van der Waals surface area contributed by atoms with Gasteiger partial charge < -0.3 is 54.6 Å². The Balaban J connectivity index is 0.845. The van der Waals surface area contributed by atoms with Crippen LogP contribution in [-0.2, 0) is 23.1 Å². The maximum Gasteiger partial charge on any atom is 0.410 e. The smallest absolute Gasteiger partial charge is 0.410 e. The van der Waals surface area contributed by atoms with Crippen molar-refractivity contribution in [2.45, 2.75) is 6.54 Å². The fourth-order valence-corrected chi connectivity index (χ4v) is 8.47. The average molecular weight is 1040 g/mol. The zero-order valence-corrected chi connectivity index (χ0v) is 41.3. The SMILES string of the molecule is C=C(COC(=O)N1CCN(c2nc(NCc3nc4c(F)c(Cl)ccc4[nH]3)n3ncc(Br)c3n2)CC1)C(=O)Nc1cc(Nc2nccc(-c3cn(C)c4ccccc34)n2)c(OC)cc1N(C)CCN(C)C.